The van der Waals surface area contributed by atoms with Gasteiger partial charge in [-0.25, -0.2) is 0 Å². The van der Waals surface area contributed by atoms with Crippen molar-refractivity contribution in [3.63, 3.8) is 0 Å². The third-order valence-corrected chi connectivity index (χ3v) is 5.31. The van der Waals surface area contributed by atoms with Gasteiger partial charge in [-0.15, -0.1) is 0 Å². The van der Waals surface area contributed by atoms with Crippen molar-refractivity contribution in [1.82, 2.24) is 5.32 Å². The molecule has 25 heavy (non-hydrogen) atoms. The van der Waals surface area contributed by atoms with Gasteiger partial charge in [-0.3, -0.25) is 9.59 Å². The van der Waals surface area contributed by atoms with Crippen molar-refractivity contribution < 1.29 is 14.3 Å². The lowest BCUT2D eigenvalue weighted by Crippen LogP contribution is -2.53. The maximum Gasteiger partial charge on any atom is 0.252 e. The van der Waals surface area contributed by atoms with E-state index in [1.54, 1.807) is 36.4 Å². The van der Waals surface area contributed by atoms with E-state index < -0.39 is 0 Å². The second kappa shape index (κ2) is 6.45. The van der Waals surface area contributed by atoms with Gasteiger partial charge in [0.2, 0.25) is 0 Å². The van der Waals surface area contributed by atoms with Crippen LogP contribution in [0.5, 0.6) is 0 Å². The monoisotopic (exact) mass is 335 g/mol. The number of carbonyl (C=O) groups excluding carboxylic acids is 2. The van der Waals surface area contributed by atoms with Crippen molar-refractivity contribution in [3.8, 4) is 0 Å². The predicted octanol–water partition coefficient (Wildman–Crippen LogP) is 3.13. The van der Waals surface area contributed by atoms with E-state index in [-0.39, 0.29) is 17.7 Å². The number of aryl methyl sites for hydroxylation is 1. The van der Waals surface area contributed by atoms with Gasteiger partial charge in [0.1, 0.15) is 0 Å². The molecule has 2 aliphatic rings. The van der Waals surface area contributed by atoms with E-state index in [4.69, 9.17) is 4.74 Å². The Balaban J connectivity index is 1.55. The lowest BCUT2D eigenvalue weighted by molar-refractivity contribution is 0.00807. The molecule has 1 aliphatic heterocycles. The molecule has 0 unspecified atom stereocenters. The summed E-state index contributed by atoms with van der Waals surface area (Å²) in [4.78, 5) is 25.6. The first-order chi connectivity index (χ1) is 12.1. The zero-order valence-corrected chi connectivity index (χ0v) is 14.2. The standard InChI is InChI=1S/C21H21NO3/c1-13-6-8-14(9-7-13)20(23)15-4-2-3-5-16(15)21(24)22-18-12-19-17(18)10-11-25-19/h2-9,17-19H,10-12H2,1H3,(H,22,24)/t17-,18+,19+/m0/s1. The van der Waals surface area contributed by atoms with Gasteiger partial charge in [0.05, 0.1) is 11.7 Å². The van der Waals surface area contributed by atoms with E-state index in [0.29, 0.717) is 28.7 Å². The highest BCUT2D eigenvalue weighted by Crippen LogP contribution is 2.38. The molecule has 0 bridgehead atoms. The van der Waals surface area contributed by atoms with E-state index in [9.17, 15) is 9.59 Å². The highest BCUT2D eigenvalue weighted by Gasteiger charge is 2.45. The second-order valence-corrected chi connectivity index (χ2v) is 6.92. The normalized spacial score (nSPS) is 24.3. The molecule has 2 aromatic rings. The smallest absolute Gasteiger partial charge is 0.252 e. The summed E-state index contributed by atoms with van der Waals surface area (Å²) < 4.78 is 5.59. The molecule has 3 atom stereocenters. The van der Waals surface area contributed by atoms with Crippen molar-refractivity contribution >= 4 is 11.7 Å². The summed E-state index contributed by atoms with van der Waals surface area (Å²) in [6.45, 7) is 2.76. The SMILES string of the molecule is Cc1ccc(C(=O)c2ccccc2C(=O)N[C@@H]2C[C@H]3OCC[C@@H]23)cc1. The lowest BCUT2D eigenvalue weighted by atomic mass is 9.76. The first-order valence-electron chi connectivity index (χ1n) is 8.76. The summed E-state index contributed by atoms with van der Waals surface area (Å²) in [6, 6.07) is 14.6. The molecular formula is C21H21NO3. The molecule has 1 amide bonds. The summed E-state index contributed by atoms with van der Waals surface area (Å²) in [5.74, 6) is 0.122. The third-order valence-electron chi connectivity index (χ3n) is 5.31. The fraction of sp³-hybridized carbons (Fsp3) is 0.333. The molecule has 1 aliphatic carbocycles. The number of hydrogen-bond donors (Lipinski definition) is 1. The summed E-state index contributed by atoms with van der Waals surface area (Å²) in [6.07, 6.45) is 2.17. The van der Waals surface area contributed by atoms with Gasteiger partial charge in [-0.1, -0.05) is 48.0 Å². The molecule has 4 nitrogen and oxygen atoms in total. The number of rotatable bonds is 4. The molecule has 128 valence electrons. The van der Waals surface area contributed by atoms with Crippen molar-refractivity contribution in [2.45, 2.75) is 31.9 Å². The molecule has 0 aromatic heterocycles. The van der Waals surface area contributed by atoms with Crippen molar-refractivity contribution in [2.24, 2.45) is 5.92 Å². The third kappa shape index (κ3) is 2.98. The average Bonchev–Trinajstić information content (AvgIpc) is 3.00. The van der Waals surface area contributed by atoms with Crippen LogP contribution in [0.2, 0.25) is 0 Å². The number of amides is 1. The molecule has 0 spiro atoms. The molecule has 4 heteroatoms. The summed E-state index contributed by atoms with van der Waals surface area (Å²) in [5.41, 5.74) is 2.58. The Bertz CT molecular complexity index is 812. The maximum absolute atomic E-state index is 12.8. The van der Waals surface area contributed by atoms with Crippen LogP contribution in [0.25, 0.3) is 0 Å². The minimum Gasteiger partial charge on any atom is -0.378 e. The van der Waals surface area contributed by atoms with Crippen LogP contribution in [-0.2, 0) is 4.74 Å². The van der Waals surface area contributed by atoms with E-state index in [2.05, 4.69) is 5.32 Å². The number of ether oxygens (including phenoxy) is 1. The Morgan fingerprint density at radius 2 is 1.76 bits per heavy atom. The minimum absolute atomic E-state index is 0.124. The fourth-order valence-corrected chi connectivity index (χ4v) is 3.75. The molecule has 1 heterocycles. The highest BCUT2D eigenvalue weighted by atomic mass is 16.5. The van der Waals surface area contributed by atoms with Gasteiger partial charge in [0.25, 0.3) is 5.91 Å². The molecule has 1 saturated heterocycles. The Morgan fingerprint density at radius 1 is 1.04 bits per heavy atom. The highest BCUT2D eigenvalue weighted by molar-refractivity contribution is 6.15. The van der Waals surface area contributed by atoms with E-state index in [1.807, 2.05) is 19.1 Å². The van der Waals surface area contributed by atoms with Crippen molar-refractivity contribution in [3.05, 3.63) is 70.8 Å². The number of carbonyl (C=O) groups is 2. The topological polar surface area (TPSA) is 55.4 Å². The van der Waals surface area contributed by atoms with Gasteiger partial charge >= 0.3 is 0 Å². The van der Waals surface area contributed by atoms with Gasteiger partial charge in [0, 0.05) is 29.7 Å². The minimum atomic E-state index is -0.175. The maximum atomic E-state index is 12.8. The van der Waals surface area contributed by atoms with Crippen LogP contribution in [-0.4, -0.2) is 30.4 Å². The number of nitrogens with one attached hydrogen (secondary N) is 1. The Kier molecular flexibility index (Phi) is 4.14. The molecule has 1 N–H and O–H groups in total. The molecular weight excluding hydrogens is 314 g/mol. The number of benzene rings is 2. The summed E-state index contributed by atoms with van der Waals surface area (Å²) >= 11 is 0. The number of hydrogen-bond acceptors (Lipinski definition) is 3. The van der Waals surface area contributed by atoms with Crippen LogP contribution in [0.3, 0.4) is 0 Å². The molecule has 2 fully saturated rings. The van der Waals surface area contributed by atoms with Crippen LogP contribution < -0.4 is 5.32 Å². The lowest BCUT2D eigenvalue weighted by Gasteiger charge is -2.39. The van der Waals surface area contributed by atoms with Crippen LogP contribution in [0.4, 0.5) is 0 Å². The largest absolute Gasteiger partial charge is 0.378 e. The van der Waals surface area contributed by atoms with Gasteiger partial charge in [-0.2, -0.15) is 0 Å². The van der Waals surface area contributed by atoms with Gasteiger partial charge < -0.3 is 10.1 Å². The zero-order valence-electron chi connectivity index (χ0n) is 14.2. The molecule has 1 saturated carbocycles. The second-order valence-electron chi connectivity index (χ2n) is 6.92. The first kappa shape index (κ1) is 16.0. The predicted molar refractivity (Wildman–Crippen MR) is 94.8 cm³/mol. The fourth-order valence-electron chi connectivity index (χ4n) is 3.75. The molecule has 0 radical (unpaired) electrons. The average molecular weight is 335 g/mol. The van der Waals surface area contributed by atoms with Crippen molar-refractivity contribution in [2.75, 3.05) is 6.61 Å². The summed E-state index contributed by atoms with van der Waals surface area (Å²) in [5, 5.41) is 3.09. The van der Waals surface area contributed by atoms with Crippen LogP contribution in [0, 0.1) is 12.8 Å². The van der Waals surface area contributed by atoms with E-state index in [1.165, 1.54) is 0 Å². The number of ketones is 1. The Hall–Kier alpha value is -2.46. The Morgan fingerprint density at radius 3 is 2.48 bits per heavy atom. The first-order valence-corrected chi connectivity index (χ1v) is 8.76. The summed E-state index contributed by atoms with van der Waals surface area (Å²) in [7, 11) is 0. The zero-order chi connectivity index (χ0) is 17.4. The van der Waals surface area contributed by atoms with Crippen LogP contribution in [0.15, 0.2) is 48.5 Å². The van der Waals surface area contributed by atoms with Crippen LogP contribution in [0.1, 0.15) is 44.7 Å². The number of fused-ring (bicyclic) bond motifs is 1. The van der Waals surface area contributed by atoms with Gasteiger partial charge in [-0.05, 0) is 25.8 Å². The molecule has 2 aromatic carbocycles. The van der Waals surface area contributed by atoms with E-state index >= 15 is 0 Å². The van der Waals surface area contributed by atoms with Gasteiger partial charge in [0.15, 0.2) is 5.78 Å². The quantitative estimate of drug-likeness (QED) is 0.874. The molecule has 4 rings (SSSR count). The van der Waals surface area contributed by atoms with E-state index in [0.717, 1.165) is 25.0 Å². The Labute approximate surface area is 147 Å². The van der Waals surface area contributed by atoms with Crippen molar-refractivity contribution in [1.29, 1.82) is 0 Å². The van der Waals surface area contributed by atoms with Crippen LogP contribution >= 0.6 is 0 Å².